The third-order valence-corrected chi connectivity index (χ3v) is 5.38. The number of rotatable bonds is 4. The van der Waals surface area contributed by atoms with E-state index in [1.807, 2.05) is 32.0 Å². The number of piperazine rings is 1. The van der Waals surface area contributed by atoms with Gasteiger partial charge in [0, 0.05) is 49.3 Å². The van der Waals surface area contributed by atoms with Gasteiger partial charge in [0.2, 0.25) is 5.82 Å². The van der Waals surface area contributed by atoms with Gasteiger partial charge in [-0.25, -0.2) is 4.39 Å². The van der Waals surface area contributed by atoms with Gasteiger partial charge in [-0.3, -0.25) is 4.90 Å². The molecule has 0 bridgehead atoms. The van der Waals surface area contributed by atoms with Crippen LogP contribution >= 0.6 is 0 Å². The fourth-order valence-electron chi connectivity index (χ4n) is 4.16. The average molecular weight is 388 g/mol. The molecule has 0 aromatic heterocycles. The van der Waals surface area contributed by atoms with E-state index in [1.165, 1.54) is 6.07 Å². The Morgan fingerprint density at radius 3 is 2.79 bits per heavy atom. The van der Waals surface area contributed by atoms with Crippen molar-refractivity contribution in [3.63, 3.8) is 0 Å². The molecule has 0 aliphatic carbocycles. The number of halogens is 2. The van der Waals surface area contributed by atoms with Gasteiger partial charge < -0.3 is 14.8 Å². The zero-order valence-electron chi connectivity index (χ0n) is 16.3. The van der Waals surface area contributed by atoms with E-state index in [-0.39, 0.29) is 23.9 Å². The normalized spacial score (nSPS) is 22.6. The van der Waals surface area contributed by atoms with Crippen LogP contribution < -0.4 is 14.8 Å². The minimum Gasteiger partial charge on any atom is -0.491 e. The van der Waals surface area contributed by atoms with Crippen molar-refractivity contribution in [1.82, 2.24) is 10.2 Å². The summed E-state index contributed by atoms with van der Waals surface area (Å²) in [6.07, 6.45) is 0.857. The summed E-state index contributed by atoms with van der Waals surface area (Å²) < 4.78 is 39.3. The van der Waals surface area contributed by atoms with Crippen LogP contribution in [0.2, 0.25) is 0 Å². The van der Waals surface area contributed by atoms with Crippen LogP contribution in [0.1, 0.15) is 43.5 Å². The highest BCUT2D eigenvalue weighted by Gasteiger charge is 2.33. The molecule has 6 heteroatoms. The lowest BCUT2D eigenvalue weighted by atomic mass is 9.95. The maximum Gasteiger partial charge on any atom is 0.200 e. The Hall–Kier alpha value is -2.18. The molecule has 0 unspecified atom stereocenters. The third-order valence-electron chi connectivity index (χ3n) is 5.38. The van der Waals surface area contributed by atoms with Gasteiger partial charge in [-0.2, -0.15) is 4.39 Å². The molecular weight excluding hydrogens is 362 g/mol. The van der Waals surface area contributed by atoms with Crippen molar-refractivity contribution in [2.24, 2.45) is 0 Å². The Balaban J connectivity index is 1.59. The van der Waals surface area contributed by atoms with Gasteiger partial charge in [-0.05, 0) is 26.0 Å². The second-order valence-electron chi connectivity index (χ2n) is 7.64. The number of nitrogens with zero attached hydrogens (tertiary/aromatic N) is 1. The largest absolute Gasteiger partial charge is 0.491 e. The first-order valence-corrected chi connectivity index (χ1v) is 9.88. The number of hydrogen-bond donors (Lipinski definition) is 1. The Kier molecular flexibility index (Phi) is 5.51. The molecule has 1 saturated heterocycles. The van der Waals surface area contributed by atoms with Crippen molar-refractivity contribution in [2.75, 3.05) is 26.2 Å². The summed E-state index contributed by atoms with van der Waals surface area (Å²) in [5.41, 5.74) is 1.86. The summed E-state index contributed by atoms with van der Waals surface area (Å²) in [6, 6.07) is 11.1. The second-order valence-corrected chi connectivity index (χ2v) is 7.64. The summed E-state index contributed by atoms with van der Waals surface area (Å²) in [6.45, 7) is 6.85. The highest BCUT2D eigenvalue weighted by atomic mass is 19.2. The number of para-hydroxylation sites is 1. The molecule has 0 saturated carbocycles. The Morgan fingerprint density at radius 1 is 1.14 bits per heavy atom. The van der Waals surface area contributed by atoms with Gasteiger partial charge in [0.25, 0.3) is 0 Å². The van der Waals surface area contributed by atoms with Crippen molar-refractivity contribution < 1.29 is 18.3 Å². The zero-order chi connectivity index (χ0) is 19.7. The van der Waals surface area contributed by atoms with E-state index in [1.54, 1.807) is 6.07 Å². The molecule has 1 N–H and O–H groups in total. The summed E-state index contributed by atoms with van der Waals surface area (Å²) in [5, 5.41) is 3.58. The lowest BCUT2D eigenvalue weighted by Crippen LogP contribution is -2.48. The first-order chi connectivity index (χ1) is 13.5. The van der Waals surface area contributed by atoms with E-state index in [0.29, 0.717) is 6.61 Å². The van der Waals surface area contributed by atoms with Crippen molar-refractivity contribution in [3.05, 3.63) is 59.2 Å². The van der Waals surface area contributed by atoms with E-state index in [9.17, 15) is 8.78 Å². The first-order valence-electron chi connectivity index (χ1n) is 9.88. The summed E-state index contributed by atoms with van der Waals surface area (Å²) in [5.74, 6) is -0.797. The van der Waals surface area contributed by atoms with Crippen LogP contribution in [0.25, 0.3) is 0 Å². The van der Waals surface area contributed by atoms with Crippen LogP contribution in [0.3, 0.4) is 0 Å². The molecule has 2 aliphatic heterocycles. The zero-order valence-corrected chi connectivity index (χ0v) is 16.3. The Bertz CT molecular complexity index is 843. The molecule has 2 aliphatic rings. The van der Waals surface area contributed by atoms with Crippen LogP contribution in [0, 0.1) is 11.6 Å². The maximum absolute atomic E-state index is 14.2. The fourth-order valence-corrected chi connectivity index (χ4v) is 4.16. The summed E-state index contributed by atoms with van der Waals surface area (Å²) in [4.78, 5) is 2.34. The fraction of sp³-hybridized carbons (Fsp3) is 0.455. The lowest BCUT2D eigenvalue weighted by Gasteiger charge is -2.41. The SMILES string of the molecule is CC(C)Oc1ccccc1[C@@H]1CN([C@@H]2CCOc3c2ccc(F)c3F)CCN1. The molecule has 2 heterocycles. The van der Waals surface area contributed by atoms with E-state index in [0.717, 1.165) is 42.9 Å². The van der Waals surface area contributed by atoms with E-state index < -0.39 is 11.6 Å². The highest BCUT2D eigenvalue weighted by molar-refractivity contribution is 5.40. The van der Waals surface area contributed by atoms with E-state index >= 15 is 0 Å². The van der Waals surface area contributed by atoms with Gasteiger partial charge in [0.1, 0.15) is 5.75 Å². The first kappa shape index (κ1) is 19.2. The number of nitrogens with one attached hydrogen (secondary N) is 1. The summed E-state index contributed by atoms with van der Waals surface area (Å²) >= 11 is 0. The molecule has 1 fully saturated rings. The van der Waals surface area contributed by atoms with E-state index in [2.05, 4.69) is 16.3 Å². The highest BCUT2D eigenvalue weighted by Crippen LogP contribution is 2.40. The number of fused-ring (bicyclic) bond motifs is 1. The molecule has 4 nitrogen and oxygen atoms in total. The quantitative estimate of drug-likeness (QED) is 0.850. The molecule has 150 valence electrons. The van der Waals surface area contributed by atoms with Crippen molar-refractivity contribution >= 4 is 0 Å². The van der Waals surface area contributed by atoms with Crippen molar-refractivity contribution in [2.45, 2.75) is 38.5 Å². The second kappa shape index (κ2) is 8.05. The van der Waals surface area contributed by atoms with Crippen molar-refractivity contribution in [3.8, 4) is 11.5 Å². The van der Waals surface area contributed by atoms with Gasteiger partial charge in [-0.1, -0.05) is 24.3 Å². The van der Waals surface area contributed by atoms with Gasteiger partial charge in [0.15, 0.2) is 11.6 Å². The Morgan fingerprint density at radius 2 is 1.96 bits per heavy atom. The third kappa shape index (κ3) is 3.71. The van der Waals surface area contributed by atoms with Gasteiger partial charge in [0.05, 0.1) is 12.7 Å². The van der Waals surface area contributed by atoms with Gasteiger partial charge >= 0.3 is 0 Å². The molecule has 28 heavy (non-hydrogen) atoms. The molecule has 0 radical (unpaired) electrons. The Labute approximate surface area is 164 Å². The molecular formula is C22H26F2N2O2. The summed E-state index contributed by atoms with van der Waals surface area (Å²) in [7, 11) is 0. The molecule has 2 atom stereocenters. The lowest BCUT2D eigenvalue weighted by molar-refractivity contribution is 0.102. The number of hydrogen-bond acceptors (Lipinski definition) is 4. The predicted octanol–water partition coefficient (Wildman–Crippen LogP) is 4.22. The monoisotopic (exact) mass is 388 g/mol. The van der Waals surface area contributed by atoms with Gasteiger partial charge in [-0.15, -0.1) is 0 Å². The molecule has 4 rings (SSSR count). The molecule has 0 spiro atoms. The van der Waals surface area contributed by atoms with E-state index in [4.69, 9.17) is 9.47 Å². The van der Waals surface area contributed by atoms with Crippen molar-refractivity contribution in [1.29, 1.82) is 0 Å². The standard InChI is InChI=1S/C22H26F2N2O2/c1-14(2)28-20-6-4-3-5-15(20)18-13-26(11-10-25-18)19-9-12-27-22-16(19)7-8-17(23)21(22)24/h3-8,14,18-19,25H,9-13H2,1-2H3/t18-,19+/m0/s1. The maximum atomic E-state index is 14.2. The minimum atomic E-state index is -0.885. The topological polar surface area (TPSA) is 33.7 Å². The molecule has 2 aromatic carbocycles. The molecule has 0 amide bonds. The average Bonchev–Trinajstić information content (AvgIpc) is 2.70. The minimum absolute atomic E-state index is 0.0154. The number of benzene rings is 2. The van der Waals surface area contributed by atoms with Crippen LogP contribution in [0.5, 0.6) is 11.5 Å². The number of ether oxygens (including phenoxy) is 2. The molecule has 2 aromatic rings. The smallest absolute Gasteiger partial charge is 0.200 e. The predicted molar refractivity (Wildman–Crippen MR) is 104 cm³/mol. The van der Waals surface area contributed by atoms with Crippen LogP contribution in [0.4, 0.5) is 8.78 Å². The van der Waals surface area contributed by atoms with Crippen LogP contribution in [0.15, 0.2) is 36.4 Å². The van der Waals surface area contributed by atoms with Crippen LogP contribution in [-0.4, -0.2) is 37.2 Å². The van der Waals surface area contributed by atoms with Crippen LogP contribution in [-0.2, 0) is 0 Å².